The maximum atomic E-state index is 5.03. The molecular weight excluding hydrogens is 198 g/mol. The molecule has 1 heterocycles. The molecule has 0 aliphatic rings. The van der Waals surface area contributed by atoms with Crippen LogP contribution in [-0.2, 0) is 12.3 Å². The minimum absolute atomic E-state index is 0.240. The van der Waals surface area contributed by atoms with Crippen LogP contribution in [0.25, 0.3) is 0 Å². The second-order valence-electron chi connectivity index (χ2n) is 4.04. The Balaban J connectivity index is 2.44. The highest BCUT2D eigenvalue weighted by atomic mass is 32.2. The maximum Gasteiger partial charge on any atom is 0.240 e. The van der Waals surface area contributed by atoms with E-state index in [0.717, 1.165) is 11.6 Å². The molecule has 1 rings (SSSR count). The number of hydrogen-bond donors (Lipinski definition) is 1. The third kappa shape index (κ3) is 4.11. The van der Waals surface area contributed by atoms with Gasteiger partial charge in [-0.25, -0.2) is 0 Å². The standard InChI is InChI=1S/C9H17N3OS/c1-9(2,3)14-6-7-11-8(5-10-4)13-12-7/h10H,5-6H2,1-4H3. The van der Waals surface area contributed by atoms with Gasteiger partial charge in [-0.05, 0) is 7.05 Å². The van der Waals surface area contributed by atoms with Crippen LogP contribution in [0.15, 0.2) is 4.52 Å². The Morgan fingerprint density at radius 2 is 2.14 bits per heavy atom. The van der Waals surface area contributed by atoms with Crippen LogP contribution in [0.2, 0.25) is 0 Å². The Bertz CT molecular complexity index is 280. The topological polar surface area (TPSA) is 51.0 Å². The Labute approximate surface area is 88.8 Å². The Hall–Kier alpha value is -0.550. The van der Waals surface area contributed by atoms with Crippen LogP contribution < -0.4 is 5.32 Å². The SMILES string of the molecule is CNCc1nc(CSC(C)(C)C)no1. The van der Waals surface area contributed by atoms with E-state index in [1.807, 2.05) is 18.8 Å². The second kappa shape index (κ2) is 4.79. The molecule has 0 fully saturated rings. The van der Waals surface area contributed by atoms with E-state index in [4.69, 9.17) is 4.52 Å². The van der Waals surface area contributed by atoms with E-state index in [9.17, 15) is 0 Å². The van der Waals surface area contributed by atoms with Gasteiger partial charge in [0.1, 0.15) is 0 Å². The summed E-state index contributed by atoms with van der Waals surface area (Å²) in [6.07, 6.45) is 0. The number of nitrogens with one attached hydrogen (secondary N) is 1. The van der Waals surface area contributed by atoms with Crippen molar-refractivity contribution in [1.82, 2.24) is 15.5 Å². The quantitative estimate of drug-likeness (QED) is 0.830. The lowest BCUT2D eigenvalue weighted by molar-refractivity contribution is 0.368. The fourth-order valence-corrected chi connectivity index (χ4v) is 1.53. The summed E-state index contributed by atoms with van der Waals surface area (Å²) < 4.78 is 5.27. The van der Waals surface area contributed by atoms with E-state index in [1.54, 1.807) is 0 Å². The zero-order valence-electron chi connectivity index (χ0n) is 9.13. The summed E-state index contributed by atoms with van der Waals surface area (Å²) in [7, 11) is 1.85. The molecule has 4 nitrogen and oxygen atoms in total. The molecule has 5 heteroatoms. The summed E-state index contributed by atoms with van der Waals surface area (Å²) in [5.41, 5.74) is 0. The molecule has 0 saturated heterocycles. The van der Waals surface area contributed by atoms with Crippen molar-refractivity contribution in [3.8, 4) is 0 Å². The van der Waals surface area contributed by atoms with Gasteiger partial charge in [0.15, 0.2) is 5.82 Å². The molecule has 1 aromatic rings. The van der Waals surface area contributed by atoms with E-state index in [0.29, 0.717) is 12.4 Å². The van der Waals surface area contributed by atoms with Gasteiger partial charge in [0, 0.05) is 4.75 Å². The summed E-state index contributed by atoms with van der Waals surface area (Å²) in [6, 6.07) is 0. The smallest absolute Gasteiger partial charge is 0.240 e. The fraction of sp³-hybridized carbons (Fsp3) is 0.778. The highest BCUT2D eigenvalue weighted by Crippen LogP contribution is 2.25. The summed E-state index contributed by atoms with van der Waals surface area (Å²) in [4.78, 5) is 4.24. The normalized spacial score (nSPS) is 12.0. The van der Waals surface area contributed by atoms with Crippen LogP contribution in [0.5, 0.6) is 0 Å². The third-order valence-corrected chi connectivity index (χ3v) is 2.74. The maximum absolute atomic E-state index is 5.03. The van der Waals surface area contributed by atoms with E-state index in [2.05, 4.69) is 36.2 Å². The summed E-state index contributed by atoms with van der Waals surface area (Å²) >= 11 is 1.81. The van der Waals surface area contributed by atoms with E-state index >= 15 is 0 Å². The zero-order chi connectivity index (χ0) is 10.6. The van der Waals surface area contributed by atoms with Gasteiger partial charge in [-0.3, -0.25) is 0 Å². The van der Waals surface area contributed by atoms with Crippen molar-refractivity contribution in [2.75, 3.05) is 7.05 Å². The molecule has 0 aromatic carbocycles. The monoisotopic (exact) mass is 215 g/mol. The summed E-state index contributed by atoms with van der Waals surface area (Å²) in [5, 5.41) is 6.86. The number of hydrogen-bond acceptors (Lipinski definition) is 5. The average Bonchev–Trinajstić information content (AvgIpc) is 2.49. The largest absolute Gasteiger partial charge is 0.338 e. The lowest BCUT2D eigenvalue weighted by Gasteiger charge is -2.15. The number of aromatic nitrogens is 2. The van der Waals surface area contributed by atoms with Crippen LogP contribution in [0, 0.1) is 0 Å². The predicted octanol–water partition coefficient (Wildman–Crippen LogP) is 1.82. The van der Waals surface area contributed by atoms with Gasteiger partial charge in [-0.2, -0.15) is 4.98 Å². The van der Waals surface area contributed by atoms with E-state index in [1.165, 1.54) is 0 Å². The van der Waals surface area contributed by atoms with E-state index in [-0.39, 0.29) is 4.75 Å². The molecule has 1 N–H and O–H groups in total. The summed E-state index contributed by atoms with van der Waals surface area (Å²) in [5.74, 6) is 2.23. The van der Waals surface area contributed by atoms with Crippen molar-refractivity contribution in [1.29, 1.82) is 0 Å². The summed E-state index contributed by atoms with van der Waals surface area (Å²) in [6.45, 7) is 7.15. The highest BCUT2D eigenvalue weighted by molar-refractivity contribution is 7.99. The first-order valence-electron chi connectivity index (χ1n) is 4.61. The van der Waals surface area contributed by atoms with Crippen LogP contribution in [-0.4, -0.2) is 21.9 Å². The first-order valence-corrected chi connectivity index (χ1v) is 5.60. The first kappa shape index (κ1) is 11.5. The lowest BCUT2D eigenvalue weighted by atomic mass is 10.3. The predicted molar refractivity (Wildman–Crippen MR) is 58.1 cm³/mol. The Kier molecular flexibility index (Phi) is 3.95. The van der Waals surface area contributed by atoms with Crippen molar-refractivity contribution < 1.29 is 4.52 Å². The number of thioether (sulfide) groups is 1. The van der Waals surface area contributed by atoms with Crippen molar-refractivity contribution >= 4 is 11.8 Å². The van der Waals surface area contributed by atoms with Gasteiger partial charge < -0.3 is 9.84 Å². The van der Waals surface area contributed by atoms with Crippen LogP contribution in [0.3, 0.4) is 0 Å². The van der Waals surface area contributed by atoms with Crippen molar-refractivity contribution in [2.45, 2.75) is 37.8 Å². The molecule has 1 aromatic heterocycles. The van der Waals surface area contributed by atoms with Crippen molar-refractivity contribution in [2.24, 2.45) is 0 Å². The van der Waals surface area contributed by atoms with Gasteiger partial charge in [0.05, 0.1) is 12.3 Å². The van der Waals surface area contributed by atoms with Gasteiger partial charge in [-0.15, -0.1) is 11.8 Å². The van der Waals surface area contributed by atoms with E-state index < -0.39 is 0 Å². The molecule has 0 atom stereocenters. The first-order chi connectivity index (χ1) is 6.51. The van der Waals surface area contributed by atoms with Gasteiger partial charge in [-0.1, -0.05) is 25.9 Å². The third-order valence-electron chi connectivity index (χ3n) is 1.47. The van der Waals surface area contributed by atoms with Crippen molar-refractivity contribution in [3.05, 3.63) is 11.7 Å². The zero-order valence-corrected chi connectivity index (χ0v) is 9.94. The lowest BCUT2D eigenvalue weighted by Crippen LogP contribution is -2.08. The molecule has 0 radical (unpaired) electrons. The fourth-order valence-electron chi connectivity index (χ4n) is 0.853. The molecule has 0 spiro atoms. The highest BCUT2D eigenvalue weighted by Gasteiger charge is 2.13. The Morgan fingerprint density at radius 1 is 1.43 bits per heavy atom. The van der Waals surface area contributed by atoms with Gasteiger partial charge in [0.2, 0.25) is 5.89 Å². The Morgan fingerprint density at radius 3 is 2.71 bits per heavy atom. The molecule has 0 amide bonds. The number of nitrogens with zero attached hydrogens (tertiary/aromatic N) is 2. The van der Waals surface area contributed by atoms with Gasteiger partial charge in [0.25, 0.3) is 0 Å². The van der Waals surface area contributed by atoms with Crippen LogP contribution in [0.1, 0.15) is 32.5 Å². The average molecular weight is 215 g/mol. The van der Waals surface area contributed by atoms with Crippen LogP contribution in [0.4, 0.5) is 0 Å². The van der Waals surface area contributed by atoms with Crippen LogP contribution >= 0.6 is 11.8 Å². The molecule has 14 heavy (non-hydrogen) atoms. The minimum atomic E-state index is 0.240. The molecule has 0 aliphatic heterocycles. The van der Waals surface area contributed by atoms with Crippen molar-refractivity contribution in [3.63, 3.8) is 0 Å². The second-order valence-corrected chi connectivity index (χ2v) is 5.84. The molecule has 0 saturated carbocycles. The molecule has 0 unspecified atom stereocenters. The number of rotatable bonds is 4. The molecule has 0 aliphatic carbocycles. The molecular formula is C9H17N3OS. The van der Waals surface area contributed by atoms with Gasteiger partial charge >= 0.3 is 0 Å². The molecule has 80 valence electrons. The molecule has 0 bridgehead atoms. The minimum Gasteiger partial charge on any atom is -0.338 e.